The SMILES string of the molecule is C[C@H](NS(=O)(=O)C1CCS(=O)(=O)CC1)C(=O)O. The molecule has 0 amide bonds. The van der Waals surface area contributed by atoms with E-state index < -0.39 is 37.1 Å². The molecule has 0 radical (unpaired) electrons. The highest BCUT2D eigenvalue weighted by molar-refractivity contribution is 7.92. The van der Waals surface area contributed by atoms with Crippen molar-refractivity contribution in [3.05, 3.63) is 0 Å². The molecule has 1 atom stereocenters. The third-order valence-electron chi connectivity index (χ3n) is 2.65. The van der Waals surface area contributed by atoms with Gasteiger partial charge in [0.25, 0.3) is 0 Å². The minimum absolute atomic E-state index is 0.0179. The maximum atomic E-state index is 11.7. The lowest BCUT2D eigenvalue weighted by atomic mass is 10.2. The maximum Gasteiger partial charge on any atom is 0.321 e. The molecule has 0 aromatic carbocycles. The van der Waals surface area contributed by atoms with Crippen LogP contribution in [0.5, 0.6) is 0 Å². The normalized spacial score (nSPS) is 23.1. The lowest BCUT2D eigenvalue weighted by Crippen LogP contribution is -2.45. The Morgan fingerprint density at radius 3 is 2.24 bits per heavy atom. The molecule has 1 aliphatic rings. The molecular weight excluding hydrogens is 270 g/mol. The number of sulfonamides is 1. The Kier molecular flexibility index (Phi) is 4.15. The first-order chi connectivity index (χ1) is 7.64. The summed E-state index contributed by atoms with van der Waals surface area (Å²) >= 11 is 0. The molecule has 7 nitrogen and oxygen atoms in total. The molecular formula is C8H15NO6S2. The van der Waals surface area contributed by atoms with Crippen molar-refractivity contribution in [2.75, 3.05) is 11.5 Å². The Hall–Kier alpha value is -0.670. The molecule has 100 valence electrons. The van der Waals surface area contributed by atoms with Gasteiger partial charge in [-0.25, -0.2) is 21.6 Å². The molecule has 2 N–H and O–H groups in total. The van der Waals surface area contributed by atoms with Crippen LogP contribution in [0.4, 0.5) is 0 Å². The van der Waals surface area contributed by atoms with Gasteiger partial charge in [-0.2, -0.15) is 0 Å². The number of carboxylic acid groups (broad SMARTS) is 1. The number of aliphatic carboxylic acids is 1. The number of hydrogen-bond acceptors (Lipinski definition) is 5. The molecule has 0 aliphatic carbocycles. The van der Waals surface area contributed by atoms with E-state index >= 15 is 0 Å². The van der Waals surface area contributed by atoms with Gasteiger partial charge >= 0.3 is 5.97 Å². The fourth-order valence-electron chi connectivity index (χ4n) is 1.57. The van der Waals surface area contributed by atoms with Gasteiger partial charge in [0, 0.05) is 0 Å². The van der Waals surface area contributed by atoms with E-state index in [1.807, 2.05) is 4.72 Å². The highest BCUT2D eigenvalue weighted by Gasteiger charge is 2.34. The summed E-state index contributed by atoms with van der Waals surface area (Å²) in [6.07, 6.45) is 0.0357. The standard InChI is InChI=1S/C8H15NO6S2/c1-6(8(10)11)9-17(14,15)7-2-4-16(12,13)5-3-7/h6-7,9H,2-5H2,1H3,(H,10,11)/t6-/m0/s1. The van der Waals surface area contributed by atoms with Gasteiger partial charge in [-0.05, 0) is 19.8 Å². The van der Waals surface area contributed by atoms with E-state index in [-0.39, 0.29) is 24.3 Å². The smallest absolute Gasteiger partial charge is 0.321 e. The summed E-state index contributed by atoms with van der Waals surface area (Å²) in [6.45, 7) is 1.22. The Morgan fingerprint density at radius 1 is 1.35 bits per heavy atom. The Morgan fingerprint density at radius 2 is 1.82 bits per heavy atom. The molecule has 1 aliphatic heterocycles. The lowest BCUT2D eigenvalue weighted by molar-refractivity contribution is -0.138. The van der Waals surface area contributed by atoms with Crippen LogP contribution in [-0.2, 0) is 24.7 Å². The van der Waals surface area contributed by atoms with Crippen LogP contribution in [0.1, 0.15) is 19.8 Å². The number of hydrogen-bond donors (Lipinski definition) is 2. The molecule has 9 heteroatoms. The molecule has 0 aromatic rings. The summed E-state index contributed by atoms with van der Waals surface area (Å²) in [5, 5.41) is 7.78. The molecule has 0 saturated carbocycles. The van der Waals surface area contributed by atoms with Crippen molar-refractivity contribution in [1.29, 1.82) is 0 Å². The number of carbonyl (C=O) groups is 1. The summed E-state index contributed by atoms with van der Waals surface area (Å²) in [5.74, 6) is -1.60. The second-order valence-electron chi connectivity index (χ2n) is 4.07. The quantitative estimate of drug-likeness (QED) is 0.681. The maximum absolute atomic E-state index is 11.7. The van der Waals surface area contributed by atoms with Gasteiger partial charge in [0.05, 0.1) is 16.8 Å². The van der Waals surface area contributed by atoms with Crippen molar-refractivity contribution >= 4 is 25.8 Å². The third kappa shape index (κ3) is 3.93. The number of nitrogens with one attached hydrogen (secondary N) is 1. The summed E-state index contributed by atoms with van der Waals surface area (Å²) < 4.78 is 47.8. The van der Waals surface area contributed by atoms with E-state index in [1.54, 1.807) is 0 Å². The zero-order valence-corrected chi connectivity index (χ0v) is 10.9. The van der Waals surface area contributed by atoms with Gasteiger partial charge in [0.2, 0.25) is 10.0 Å². The monoisotopic (exact) mass is 285 g/mol. The van der Waals surface area contributed by atoms with Gasteiger partial charge in [0.15, 0.2) is 0 Å². The van der Waals surface area contributed by atoms with Crippen LogP contribution in [0.25, 0.3) is 0 Å². The van der Waals surface area contributed by atoms with E-state index in [0.29, 0.717) is 0 Å². The molecule has 1 fully saturated rings. The fraction of sp³-hybridized carbons (Fsp3) is 0.875. The molecule has 1 rings (SSSR count). The van der Waals surface area contributed by atoms with Crippen molar-refractivity contribution < 1.29 is 26.7 Å². The first-order valence-electron chi connectivity index (χ1n) is 5.08. The van der Waals surface area contributed by atoms with Crippen LogP contribution in [0.3, 0.4) is 0 Å². The minimum atomic E-state index is -3.77. The summed E-state index contributed by atoms with van der Waals surface area (Å²) in [7, 11) is -6.90. The second kappa shape index (κ2) is 4.91. The van der Waals surface area contributed by atoms with Crippen molar-refractivity contribution in [3.63, 3.8) is 0 Å². The average Bonchev–Trinajstić information content (AvgIpc) is 2.15. The van der Waals surface area contributed by atoms with E-state index in [0.717, 1.165) is 0 Å². The average molecular weight is 285 g/mol. The van der Waals surface area contributed by atoms with Crippen LogP contribution >= 0.6 is 0 Å². The zero-order valence-electron chi connectivity index (χ0n) is 9.29. The highest BCUT2D eigenvalue weighted by Crippen LogP contribution is 2.18. The van der Waals surface area contributed by atoms with Gasteiger partial charge < -0.3 is 5.11 Å². The number of sulfone groups is 1. The summed E-state index contributed by atoms with van der Waals surface area (Å²) in [6, 6.07) is -1.21. The van der Waals surface area contributed by atoms with Crippen molar-refractivity contribution in [2.24, 2.45) is 0 Å². The Labute approximate surface area is 100 Å². The third-order valence-corrected chi connectivity index (χ3v) is 6.40. The second-order valence-corrected chi connectivity index (χ2v) is 8.37. The van der Waals surface area contributed by atoms with Gasteiger partial charge in [-0.1, -0.05) is 0 Å². The Bertz CT molecular complexity index is 480. The molecule has 0 unspecified atom stereocenters. The van der Waals surface area contributed by atoms with Crippen LogP contribution < -0.4 is 4.72 Å². The summed E-state index contributed by atoms with van der Waals surface area (Å²) in [5.41, 5.74) is 0. The molecule has 1 heterocycles. The number of carboxylic acids is 1. The lowest BCUT2D eigenvalue weighted by Gasteiger charge is -2.23. The van der Waals surface area contributed by atoms with Crippen molar-refractivity contribution in [3.8, 4) is 0 Å². The van der Waals surface area contributed by atoms with Crippen molar-refractivity contribution in [1.82, 2.24) is 4.72 Å². The van der Waals surface area contributed by atoms with Crippen LogP contribution in [0.2, 0.25) is 0 Å². The van der Waals surface area contributed by atoms with Crippen LogP contribution in [-0.4, -0.2) is 50.7 Å². The topological polar surface area (TPSA) is 118 Å². The molecule has 1 saturated heterocycles. The van der Waals surface area contributed by atoms with E-state index in [9.17, 15) is 21.6 Å². The van der Waals surface area contributed by atoms with E-state index in [2.05, 4.69) is 0 Å². The molecule has 0 aromatic heterocycles. The van der Waals surface area contributed by atoms with E-state index in [4.69, 9.17) is 5.11 Å². The molecule has 0 spiro atoms. The molecule has 0 bridgehead atoms. The Balaban J connectivity index is 2.70. The largest absolute Gasteiger partial charge is 0.480 e. The predicted molar refractivity (Wildman–Crippen MR) is 60.8 cm³/mol. The predicted octanol–water partition coefficient (Wildman–Crippen LogP) is -1.04. The minimum Gasteiger partial charge on any atom is -0.480 e. The van der Waals surface area contributed by atoms with Crippen LogP contribution in [0.15, 0.2) is 0 Å². The van der Waals surface area contributed by atoms with E-state index in [1.165, 1.54) is 6.92 Å². The summed E-state index contributed by atoms with van der Waals surface area (Å²) in [4.78, 5) is 10.5. The van der Waals surface area contributed by atoms with Crippen LogP contribution in [0, 0.1) is 0 Å². The van der Waals surface area contributed by atoms with Gasteiger partial charge in [-0.3, -0.25) is 4.79 Å². The van der Waals surface area contributed by atoms with Crippen molar-refractivity contribution in [2.45, 2.75) is 31.1 Å². The van der Waals surface area contributed by atoms with Gasteiger partial charge in [0.1, 0.15) is 15.9 Å². The molecule has 17 heavy (non-hydrogen) atoms. The first-order valence-corrected chi connectivity index (χ1v) is 8.45. The highest BCUT2D eigenvalue weighted by atomic mass is 32.2. The van der Waals surface area contributed by atoms with Gasteiger partial charge in [-0.15, -0.1) is 0 Å². The zero-order chi connectivity index (χ0) is 13.3. The number of rotatable bonds is 4. The first kappa shape index (κ1) is 14.4. The fourth-order valence-corrected chi connectivity index (χ4v) is 5.00.